The Morgan fingerprint density at radius 2 is 2.05 bits per heavy atom. The first-order valence-electron chi connectivity index (χ1n) is 6.45. The highest BCUT2D eigenvalue weighted by Crippen LogP contribution is 2.13. The molecule has 1 atom stereocenters. The quantitative estimate of drug-likeness (QED) is 0.318. The second-order valence-electron chi connectivity index (χ2n) is 4.54. The Hall–Kier alpha value is -2.04. The van der Waals surface area contributed by atoms with Crippen molar-refractivity contribution in [1.82, 2.24) is 0 Å². The normalized spacial score (nSPS) is 13.1. The molecule has 1 amide bonds. The minimum absolute atomic E-state index is 0.0999. The fourth-order valence-electron chi connectivity index (χ4n) is 1.61. The van der Waals surface area contributed by atoms with Gasteiger partial charge in [-0.3, -0.25) is 4.79 Å². The van der Waals surface area contributed by atoms with Gasteiger partial charge in [0.1, 0.15) is 0 Å². The number of unbranched alkanes of at least 4 members (excludes halogenated alkanes) is 1. The molecular weight excluding hydrogens is 242 g/mol. The third-order valence-electron chi connectivity index (χ3n) is 2.99. The maximum atomic E-state index is 11.8. The number of hydrogen-bond donors (Lipinski definition) is 3. The molecule has 4 N–H and O–H groups in total. The highest BCUT2D eigenvalue weighted by molar-refractivity contribution is 6.07. The third-order valence-corrected chi connectivity index (χ3v) is 2.99. The zero-order chi connectivity index (χ0) is 14.3. The molecule has 1 aromatic carbocycles. The number of carbonyl (C=O) groups excluding carboxylic acids is 1. The van der Waals surface area contributed by atoms with Gasteiger partial charge in [0.2, 0.25) is 5.91 Å². The van der Waals surface area contributed by atoms with Crippen molar-refractivity contribution in [3.8, 4) is 0 Å². The number of nitrogens with zero attached hydrogens (tertiary/aromatic N) is 1. The van der Waals surface area contributed by atoms with E-state index < -0.39 is 5.92 Å². The Kier molecular flexibility index (Phi) is 5.85. The number of oxime groups is 1. The molecule has 104 valence electrons. The Morgan fingerprint density at radius 3 is 2.58 bits per heavy atom. The number of rotatable bonds is 6. The van der Waals surface area contributed by atoms with Gasteiger partial charge >= 0.3 is 0 Å². The summed E-state index contributed by atoms with van der Waals surface area (Å²) in [5.41, 5.74) is 7.35. The summed E-state index contributed by atoms with van der Waals surface area (Å²) >= 11 is 0. The van der Waals surface area contributed by atoms with Gasteiger partial charge in [0, 0.05) is 5.69 Å². The van der Waals surface area contributed by atoms with Crippen molar-refractivity contribution in [1.29, 1.82) is 0 Å². The number of nitrogens with one attached hydrogen (secondary N) is 1. The molecule has 5 heteroatoms. The van der Waals surface area contributed by atoms with Crippen LogP contribution in [-0.2, 0) is 11.2 Å². The summed E-state index contributed by atoms with van der Waals surface area (Å²) in [5.74, 6) is -1.06. The predicted octanol–water partition coefficient (Wildman–Crippen LogP) is 2.35. The van der Waals surface area contributed by atoms with Gasteiger partial charge in [0.05, 0.1) is 5.92 Å². The van der Waals surface area contributed by atoms with Crippen molar-refractivity contribution in [2.45, 2.75) is 33.1 Å². The second-order valence-corrected chi connectivity index (χ2v) is 4.54. The summed E-state index contributed by atoms with van der Waals surface area (Å²) in [6.07, 6.45) is 3.37. The highest BCUT2D eigenvalue weighted by Gasteiger charge is 2.17. The average molecular weight is 263 g/mol. The van der Waals surface area contributed by atoms with Crippen molar-refractivity contribution in [3.05, 3.63) is 29.8 Å². The van der Waals surface area contributed by atoms with Crippen molar-refractivity contribution >= 4 is 17.4 Å². The van der Waals surface area contributed by atoms with E-state index in [9.17, 15) is 4.79 Å². The SMILES string of the molecule is CCCCc1ccc(NC(=O)C(C)C(N)=NO)cc1. The molecule has 0 bridgehead atoms. The molecule has 0 heterocycles. The maximum absolute atomic E-state index is 11.8. The molecule has 1 aromatic rings. The average Bonchev–Trinajstić information content (AvgIpc) is 2.44. The lowest BCUT2D eigenvalue weighted by atomic mass is 10.1. The van der Waals surface area contributed by atoms with Crippen LogP contribution < -0.4 is 11.1 Å². The summed E-state index contributed by atoms with van der Waals surface area (Å²) in [6, 6.07) is 7.72. The van der Waals surface area contributed by atoms with E-state index in [2.05, 4.69) is 17.4 Å². The van der Waals surface area contributed by atoms with Gasteiger partial charge in [0.15, 0.2) is 5.84 Å². The molecule has 0 spiro atoms. The molecule has 0 radical (unpaired) electrons. The first-order valence-corrected chi connectivity index (χ1v) is 6.45. The number of carbonyl (C=O) groups is 1. The van der Waals surface area contributed by atoms with E-state index in [1.54, 1.807) is 6.92 Å². The second kappa shape index (κ2) is 7.41. The molecule has 0 aromatic heterocycles. The van der Waals surface area contributed by atoms with E-state index in [4.69, 9.17) is 10.9 Å². The largest absolute Gasteiger partial charge is 0.409 e. The number of amides is 1. The van der Waals surface area contributed by atoms with Crippen molar-refractivity contribution < 1.29 is 10.0 Å². The van der Waals surface area contributed by atoms with Gasteiger partial charge in [-0.15, -0.1) is 0 Å². The molecule has 5 nitrogen and oxygen atoms in total. The number of aryl methyl sites for hydroxylation is 1. The highest BCUT2D eigenvalue weighted by atomic mass is 16.4. The topological polar surface area (TPSA) is 87.7 Å². The lowest BCUT2D eigenvalue weighted by molar-refractivity contribution is -0.117. The minimum Gasteiger partial charge on any atom is -0.409 e. The molecule has 0 saturated heterocycles. The van der Waals surface area contributed by atoms with Gasteiger partial charge in [-0.2, -0.15) is 0 Å². The molecule has 0 aliphatic carbocycles. The van der Waals surface area contributed by atoms with Crippen LogP contribution in [0.25, 0.3) is 0 Å². The van der Waals surface area contributed by atoms with E-state index in [-0.39, 0.29) is 11.7 Å². The van der Waals surface area contributed by atoms with Crippen LogP contribution in [0.15, 0.2) is 29.4 Å². The van der Waals surface area contributed by atoms with Crippen molar-refractivity contribution in [3.63, 3.8) is 0 Å². The Labute approximate surface area is 113 Å². The first-order chi connectivity index (χ1) is 9.08. The van der Waals surface area contributed by atoms with Gasteiger partial charge in [0.25, 0.3) is 0 Å². The van der Waals surface area contributed by atoms with Gasteiger partial charge in [-0.1, -0.05) is 30.6 Å². The summed E-state index contributed by atoms with van der Waals surface area (Å²) < 4.78 is 0. The minimum atomic E-state index is -0.662. The van der Waals surface area contributed by atoms with Gasteiger partial charge in [-0.25, -0.2) is 0 Å². The van der Waals surface area contributed by atoms with E-state index in [1.165, 1.54) is 5.56 Å². The number of amidine groups is 1. The van der Waals surface area contributed by atoms with E-state index in [1.807, 2.05) is 24.3 Å². The summed E-state index contributed by atoms with van der Waals surface area (Å²) in [5, 5.41) is 14.1. The molecule has 0 aliphatic heterocycles. The first kappa shape index (κ1) is 15.0. The zero-order valence-electron chi connectivity index (χ0n) is 11.4. The number of nitrogens with two attached hydrogens (primary N) is 1. The van der Waals surface area contributed by atoms with Crippen molar-refractivity contribution in [2.75, 3.05) is 5.32 Å². The Morgan fingerprint density at radius 1 is 1.42 bits per heavy atom. The number of benzene rings is 1. The van der Waals surface area contributed by atoms with Crippen LogP contribution in [0.5, 0.6) is 0 Å². The molecule has 0 saturated carbocycles. The fourth-order valence-corrected chi connectivity index (χ4v) is 1.61. The smallest absolute Gasteiger partial charge is 0.234 e. The summed E-state index contributed by atoms with van der Waals surface area (Å²) in [7, 11) is 0. The van der Waals surface area contributed by atoms with Crippen LogP contribution in [0.2, 0.25) is 0 Å². The molecule has 19 heavy (non-hydrogen) atoms. The Balaban J connectivity index is 2.60. The monoisotopic (exact) mass is 263 g/mol. The Bertz CT molecular complexity index is 441. The van der Waals surface area contributed by atoms with Crippen molar-refractivity contribution in [2.24, 2.45) is 16.8 Å². The molecular formula is C14H21N3O2. The molecule has 1 rings (SSSR count). The zero-order valence-corrected chi connectivity index (χ0v) is 11.4. The van der Waals surface area contributed by atoms with E-state index >= 15 is 0 Å². The standard InChI is InChI=1S/C14H21N3O2/c1-3-4-5-11-6-8-12(9-7-11)16-14(18)10(2)13(15)17-19/h6-10,19H,3-5H2,1-2H3,(H2,15,17)(H,16,18). The summed E-state index contributed by atoms with van der Waals surface area (Å²) in [6.45, 7) is 3.74. The molecule has 1 unspecified atom stereocenters. The number of anilines is 1. The van der Waals surface area contributed by atoms with E-state index in [0.717, 1.165) is 19.3 Å². The van der Waals surface area contributed by atoms with Crippen LogP contribution in [0.3, 0.4) is 0 Å². The predicted molar refractivity (Wildman–Crippen MR) is 76.3 cm³/mol. The molecule has 0 aliphatic rings. The number of hydrogen-bond acceptors (Lipinski definition) is 3. The van der Waals surface area contributed by atoms with E-state index in [0.29, 0.717) is 5.69 Å². The lowest BCUT2D eigenvalue weighted by Gasteiger charge is -2.11. The third kappa shape index (κ3) is 4.62. The van der Waals surface area contributed by atoms with Crippen LogP contribution in [0.4, 0.5) is 5.69 Å². The maximum Gasteiger partial charge on any atom is 0.234 e. The molecule has 0 fully saturated rings. The van der Waals surface area contributed by atoms with Gasteiger partial charge in [-0.05, 0) is 37.5 Å². The lowest BCUT2D eigenvalue weighted by Crippen LogP contribution is -2.32. The van der Waals surface area contributed by atoms with Crippen LogP contribution in [0, 0.1) is 5.92 Å². The van der Waals surface area contributed by atoms with Crippen LogP contribution in [0.1, 0.15) is 32.3 Å². The van der Waals surface area contributed by atoms with Gasteiger partial charge < -0.3 is 16.3 Å². The van der Waals surface area contributed by atoms with Crippen LogP contribution in [-0.4, -0.2) is 17.0 Å². The van der Waals surface area contributed by atoms with Crippen LogP contribution >= 0.6 is 0 Å². The fraction of sp³-hybridized carbons (Fsp3) is 0.429. The summed E-state index contributed by atoms with van der Waals surface area (Å²) in [4.78, 5) is 11.8.